The number of hydrogen-bond donors (Lipinski definition) is 7. The zero-order valence-electron chi connectivity index (χ0n) is 29.4. The van der Waals surface area contributed by atoms with Gasteiger partial charge in [0.25, 0.3) is 5.69 Å². The Hall–Kier alpha value is -5.55. The number of H-pyrrole nitrogens is 1. The third kappa shape index (κ3) is 15.4. The number of nitro benzene ring substituents is 1. The van der Waals surface area contributed by atoms with E-state index in [9.17, 15) is 64.1 Å². The second kappa shape index (κ2) is 21.4. The van der Waals surface area contributed by atoms with Crippen molar-refractivity contribution in [1.82, 2.24) is 25.0 Å². The van der Waals surface area contributed by atoms with E-state index < -0.39 is 71.5 Å². The van der Waals surface area contributed by atoms with E-state index in [4.69, 9.17) is 0 Å². The molecule has 296 valence electrons. The summed E-state index contributed by atoms with van der Waals surface area (Å²) in [7, 11) is 2.39. The third-order valence-corrected chi connectivity index (χ3v) is 10.0. The van der Waals surface area contributed by atoms with E-state index in [1.807, 2.05) is 0 Å². The number of aromatic amines is 1. The van der Waals surface area contributed by atoms with Crippen LogP contribution in [0.15, 0.2) is 52.2 Å². The quantitative estimate of drug-likeness (QED) is 0.0289. The molecule has 3 rings (SSSR count). The van der Waals surface area contributed by atoms with Gasteiger partial charge in [0.2, 0.25) is 17.4 Å². The number of carboxylic acids is 4. The lowest BCUT2D eigenvalue weighted by Gasteiger charge is -2.28. The molecule has 2 amide bonds. The topological polar surface area (TPSA) is 293 Å². The summed E-state index contributed by atoms with van der Waals surface area (Å²) >= 11 is 0. The van der Waals surface area contributed by atoms with Gasteiger partial charge < -0.3 is 36.0 Å². The predicted octanol–water partition coefficient (Wildman–Crippen LogP) is 1.10. The zero-order chi connectivity index (χ0) is 40.7. The highest BCUT2D eigenvalue weighted by molar-refractivity contribution is 8.76. The minimum atomic E-state index is -1.45. The van der Waals surface area contributed by atoms with E-state index >= 15 is 0 Å². The Morgan fingerprint density at radius 3 is 1.95 bits per heavy atom. The van der Waals surface area contributed by atoms with Crippen LogP contribution in [0.4, 0.5) is 11.4 Å². The number of carbonyl (C=O) groups excluding carboxylic acids is 2. The fraction of sp³-hybridized carbons (Fsp3) is 0.364. The van der Waals surface area contributed by atoms with Gasteiger partial charge in [-0.15, -0.1) is 0 Å². The van der Waals surface area contributed by atoms with Gasteiger partial charge in [-0.1, -0.05) is 27.7 Å². The zero-order valence-corrected chi connectivity index (χ0v) is 31.0. The number of aliphatic carboxylic acids is 3. The van der Waals surface area contributed by atoms with Crippen molar-refractivity contribution in [2.45, 2.75) is 11.8 Å². The van der Waals surface area contributed by atoms with Gasteiger partial charge in [0.15, 0.2) is 0 Å². The Bertz CT molecular complexity index is 1980. The number of aromatic nitrogens is 1. The van der Waals surface area contributed by atoms with Crippen molar-refractivity contribution in [3.63, 3.8) is 0 Å². The predicted molar refractivity (Wildman–Crippen MR) is 202 cm³/mol. The number of carbonyl (C=O) groups is 6. The molecule has 0 aliphatic rings. The van der Waals surface area contributed by atoms with Crippen LogP contribution in [0.1, 0.15) is 15.9 Å². The molecular weight excluding hydrogens is 767 g/mol. The summed E-state index contributed by atoms with van der Waals surface area (Å²) in [6.45, 7) is -0.511. The Balaban J connectivity index is 1.52. The first-order chi connectivity index (χ1) is 26.0. The second-order valence-corrected chi connectivity index (χ2v) is 14.5. The molecule has 0 fully saturated rings. The lowest BCUT2D eigenvalue weighted by atomic mass is 10.1. The average molecular weight is 806 g/mol. The van der Waals surface area contributed by atoms with Gasteiger partial charge in [-0.25, -0.2) is 4.79 Å². The number of rotatable bonds is 24. The van der Waals surface area contributed by atoms with Gasteiger partial charge in [-0.05, 0) is 36.8 Å². The number of anilines is 1. The highest BCUT2D eigenvalue weighted by Crippen LogP contribution is 2.33. The van der Waals surface area contributed by atoms with Gasteiger partial charge in [-0.2, -0.15) is 0 Å². The third-order valence-electron chi connectivity index (χ3n) is 7.67. The van der Waals surface area contributed by atoms with Crippen molar-refractivity contribution >= 4 is 79.6 Å². The number of aromatic carboxylic acids is 1. The minimum Gasteiger partial charge on any atom is -0.480 e. The molecule has 1 heterocycles. The normalized spacial score (nSPS) is 11.2. The second-order valence-electron chi connectivity index (χ2n) is 12.0. The fourth-order valence-electron chi connectivity index (χ4n) is 5.25. The van der Waals surface area contributed by atoms with Crippen molar-refractivity contribution in [1.29, 1.82) is 0 Å². The maximum absolute atomic E-state index is 12.9. The highest BCUT2D eigenvalue weighted by Gasteiger charge is 2.22. The van der Waals surface area contributed by atoms with E-state index in [1.165, 1.54) is 43.7 Å². The lowest BCUT2D eigenvalue weighted by Crippen LogP contribution is -2.47. The van der Waals surface area contributed by atoms with Gasteiger partial charge in [0, 0.05) is 66.6 Å². The molecule has 1 aromatic heterocycles. The first-order valence-corrected chi connectivity index (χ1v) is 18.7. The SMILES string of the molecule is Cc1cc(=O)[nH]c2cc(NC(=O)CN(CCN(CCN(CC(=O)O)CC(=O)NCCSSc3ccc([N+](=O)[O-])c(C(=O)O)c3)CC(=O)O)CC(=O)O)ccc12. The van der Waals surface area contributed by atoms with E-state index in [0.29, 0.717) is 21.9 Å². The van der Waals surface area contributed by atoms with Crippen LogP contribution < -0.4 is 16.2 Å². The van der Waals surface area contributed by atoms with Crippen molar-refractivity contribution < 1.29 is 54.1 Å². The van der Waals surface area contributed by atoms with Crippen molar-refractivity contribution in [3.05, 3.63) is 74.1 Å². The smallest absolute Gasteiger partial charge is 0.342 e. The number of hydrogen-bond acceptors (Lipinski definition) is 14. The summed E-state index contributed by atoms with van der Waals surface area (Å²) in [4.78, 5) is 101. The molecular formula is C33H39N7O13S2. The van der Waals surface area contributed by atoms with Crippen molar-refractivity contribution in [2.75, 3.05) is 76.5 Å². The summed E-state index contributed by atoms with van der Waals surface area (Å²) < 4.78 is 0. The van der Waals surface area contributed by atoms with Crippen LogP contribution in [0.25, 0.3) is 10.9 Å². The van der Waals surface area contributed by atoms with Crippen LogP contribution in [0, 0.1) is 17.0 Å². The van der Waals surface area contributed by atoms with Crippen molar-refractivity contribution in [3.8, 4) is 0 Å². The molecule has 0 aliphatic heterocycles. The molecule has 22 heteroatoms. The summed E-state index contributed by atoms with van der Waals surface area (Å²) in [6.07, 6.45) is 0. The monoisotopic (exact) mass is 805 g/mol. The number of pyridine rings is 1. The van der Waals surface area contributed by atoms with Crippen LogP contribution in [0.5, 0.6) is 0 Å². The van der Waals surface area contributed by atoms with Crippen LogP contribution >= 0.6 is 21.6 Å². The molecule has 0 atom stereocenters. The van der Waals surface area contributed by atoms with E-state index in [0.717, 1.165) is 27.8 Å². The van der Waals surface area contributed by atoms with E-state index in [1.54, 1.807) is 25.1 Å². The van der Waals surface area contributed by atoms with Gasteiger partial charge in [-0.3, -0.25) is 53.6 Å². The van der Waals surface area contributed by atoms with E-state index in [2.05, 4.69) is 15.6 Å². The standard InChI is InChI=1S/C33H39N7O13S2/c1-20-12-27(41)36-25-13-21(2-4-23(20)25)35-29(43)16-39(19-32(48)49)10-8-37(17-30(44)45)7-9-38(18-31(46)47)15-28(42)34-6-11-54-55-22-3-5-26(40(52)53)24(14-22)33(50)51/h2-5,12-14H,6-11,15-19H2,1H3,(H,34,42)(H,35,43)(H,36,41)(H,44,45)(H,46,47)(H,48,49)(H,50,51). The number of amides is 2. The highest BCUT2D eigenvalue weighted by atomic mass is 33.1. The number of aryl methyl sites for hydroxylation is 1. The molecule has 55 heavy (non-hydrogen) atoms. The molecule has 0 bridgehead atoms. The number of nitro groups is 1. The van der Waals surface area contributed by atoms with Crippen LogP contribution in [0.3, 0.4) is 0 Å². The van der Waals surface area contributed by atoms with Gasteiger partial charge in [0.05, 0.1) is 43.2 Å². The largest absolute Gasteiger partial charge is 0.480 e. The Morgan fingerprint density at radius 2 is 1.36 bits per heavy atom. The number of nitrogens with one attached hydrogen (secondary N) is 3. The number of nitrogens with zero attached hydrogens (tertiary/aromatic N) is 4. The molecule has 0 unspecified atom stereocenters. The Labute approximate surface area is 320 Å². The van der Waals surface area contributed by atoms with Crippen LogP contribution in [0.2, 0.25) is 0 Å². The Kier molecular flexibility index (Phi) is 17.0. The van der Waals surface area contributed by atoms with Gasteiger partial charge >= 0.3 is 23.9 Å². The maximum atomic E-state index is 12.9. The average Bonchev–Trinajstić information content (AvgIpc) is 3.07. The van der Waals surface area contributed by atoms with Crippen molar-refractivity contribution in [2.24, 2.45) is 0 Å². The first-order valence-electron chi connectivity index (χ1n) is 16.3. The minimum absolute atomic E-state index is 0.0191. The molecule has 0 aliphatic carbocycles. The molecule has 7 N–H and O–H groups in total. The summed E-state index contributed by atoms with van der Waals surface area (Å²) in [5.74, 6) is -5.86. The summed E-state index contributed by atoms with van der Waals surface area (Å²) in [5, 5.41) is 54.7. The molecule has 3 aromatic rings. The molecule has 0 saturated heterocycles. The Morgan fingerprint density at radius 1 is 0.782 bits per heavy atom. The molecule has 20 nitrogen and oxygen atoms in total. The van der Waals surface area contributed by atoms with Crippen LogP contribution in [-0.2, 0) is 24.0 Å². The fourth-order valence-corrected chi connectivity index (χ4v) is 7.17. The maximum Gasteiger partial charge on any atom is 0.342 e. The molecule has 0 radical (unpaired) electrons. The summed E-state index contributed by atoms with van der Waals surface area (Å²) in [6, 6.07) is 10.0. The number of benzene rings is 2. The summed E-state index contributed by atoms with van der Waals surface area (Å²) in [5.41, 5.74) is 0.290. The van der Waals surface area contributed by atoms with E-state index in [-0.39, 0.29) is 51.4 Å². The first kappa shape index (κ1) is 43.9. The lowest BCUT2D eigenvalue weighted by molar-refractivity contribution is -0.385. The van der Waals surface area contributed by atoms with Crippen LogP contribution in [-0.4, -0.2) is 152 Å². The molecule has 2 aromatic carbocycles. The number of carboxylic acid groups (broad SMARTS) is 4. The number of fused-ring (bicyclic) bond motifs is 1. The molecule has 0 spiro atoms. The van der Waals surface area contributed by atoms with Gasteiger partial charge in [0.1, 0.15) is 5.56 Å². The molecule has 0 saturated carbocycles.